The molecule has 1 N–H and O–H groups in total. The molecule has 1 rings (SSSR count). The van der Waals surface area contributed by atoms with Crippen molar-refractivity contribution in [2.24, 2.45) is 0 Å². The second-order valence-electron chi connectivity index (χ2n) is 4.89. The van der Waals surface area contributed by atoms with Crippen LogP contribution in [0.2, 0.25) is 0 Å². The van der Waals surface area contributed by atoms with Gasteiger partial charge in [0.15, 0.2) is 9.84 Å². The lowest BCUT2D eigenvalue weighted by atomic mass is 10.1. The maximum Gasteiger partial charge on any atom is 0.243 e. The summed E-state index contributed by atoms with van der Waals surface area (Å²) in [5, 5.41) is 3.21. The third kappa shape index (κ3) is 2.55. The number of amides is 1. The van der Waals surface area contributed by atoms with Crippen molar-refractivity contribution in [3.05, 3.63) is 0 Å². The summed E-state index contributed by atoms with van der Waals surface area (Å²) in [6.07, 6.45) is 1.11. The fourth-order valence-electron chi connectivity index (χ4n) is 1.66. The molecule has 1 saturated heterocycles. The van der Waals surface area contributed by atoms with E-state index in [9.17, 15) is 13.2 Å². The van der Waals surface area contributed by atoms with Crippen molar-refractivity contribution in [1.82, 2.24) is 10.2 Å². The van der Waals surface area contributed by atoms with E-state index in [1.165, 1.54) is 13.8 Å². The molecule has 1 heterocycles. The Balaban J connectivity index is 2.85. The van der Waals surface area contributed by atoms with Crippen LogP contribution in [0.3, 0.4) is 0 Å². The van der Waals surface area contributed by atoms with E-state index in [1.807, 2.05) is 6.92 Å². The van der Waals surface area contributed by atoms with Crippen molar-refractivity contribution >= 4 is 15.7 Å². The first kappa shape index (κ1) is 13.4. The minimum atomic E-state index is -3.38. The summed E-state index contributed by atoms with van der Waals surface area (Å²) in [5.74, 6) is -0.302. The smallest absolute Gasteiger partial charge is 0.243 e. The minimum absolute atomic E-state index is 0.216. The van der Waals surface area contributed by atoms with E-state index in [1.54, 1.807) is 4.90 Å². The first-order valence-corrected chi connectivity index (χ1v) is 7.28. The molecule has 0 bridgehead atoms. The zero-order chi connectivity index (χ0) is 12.6. The second kappa shape index (κ2) is 4.33. The maximum absolute atomic E-state index is 12.1. The average molecular weight is 248 g/mol. The van der Waals surface area contributed by atoms with Gasteiger partial charge in [0.25, 0.3) is 0 Å². The van der Waals surface area contributed by atoms with E-state index in [0.717, 1.165) is 6.26 Å². The number of nitrogens with one attached hydrogen (secondary N) is 1. The Labute approximate surface area is 97.1 Å². The molecule has 5 nitrogen and oxygen atoms in total. The van der Waals surface area contributed by atoms with Crippen LogP contribution in [0.5, 0.6) is 0 Å². The third-order valence-electron chi connectivity index (χ3n) is 3.10. The lowest BCUT2D eigenvalue weighted by Crippen LogP contribution is -2.57. The highest BCUT2D eigenvalue weighted by molar-refractivity contribution is 7.92. The van der Waals surface area contributed by atoms with Gasteiger partial charge in [0.05, 0.1) is 0 Å². The molecule has 0 saturated carbocycles. The number of piperazine rings is 1. The van der Waals surface area contributed by atoms with Crippen LogP contribution in [0.15, 0.2) is 0 Å². The summed E-state index contributed by atoms with van der Waals surface area (Å²) in [7, 11) is -3.38. The Hall–Kier alpha value is -0.620. The minimum Gasteiger partial charge on any atom is -0.339 e. The van der Waals surface area contributed by atoms with E-state index in [0.29, 0.717) is 19.6 Å². The number of rotatable bonds is 2. The Kier molecular flexibility index (Phi) is 3.64. The largest absolute Gasteiger partial charge is 0.339 e. The van der Waals surface area contributed by atoms with Gasteiger partial charge in [0.1, 0.15) is 4.75 Å². The van der Waals surface area contributed by atoms with Crippen LogP contribution in [0.1, 0.15) is 20.8 Å². The van der Waals surface area contributed by atoms with Gasteiger partial charge in [-0.25, -0.2) is 8.42 Å². The summed E-state index contributed by atoms with van der Waals surface area (Å²) in [4.78, 5) is 13.8. The van der Waals surface area contributed by atoms with Crippen molar-refractivity contribution < 1.29 is 13.2 Å². The van der Waals surface area contributed by atoms with E-state index in [2.05, 4.69) is 5.32 Å². The van der Waals surface area contributed by atoms with Gasteiger partial charge in [-0.05, 0) is 20.8 Å². The lowest BCUT2D eigenvalue weighted by molar-refractivity contribution is -0.134. The highest BCUT2D eigenvalue weighted by atomic mass is 32.2. The highest BCUT2D eigenvalue weighted by Gasteiger charge is 2.41. The van der Waals surface area contributed by atoms with Gasteiger partial charge in [-0.1, -0.05) is 0 Å². The molecular formula is C10H20N2O3S. The van der Waals surface area contributed by atoms with E-state index in [-0.39, 0.29) is 11.9 Å². The fourth-order valence-corrected chi connectivity index (χ4v) is 2.10. The topological polar surface area (TPSA) is 66.5 Å². The fraction of sp³-hybridized carbons (Fsp3) is 0.900. The molecule has 1 atom stereocenters. The normalized spacial score (nSPS) is 23.2. The predicted octanol–water partition coefficient (Wildman–Crippen LogP) is -0.370. The summed E-state index contributed by atoms with van der Waals surface area (Å²) in [6.45, 7) is 6.77. The van der Waals surface area contributed by atoms with Gasteiger partial charge in [-0.3, -0.25) is 4.79 Å². The maximum atomic E-state index is 12.1. The van der Waals surface area contributed by atoms with Gasteiger partial charge < -0.3 is 10.2 Å². The van der Waals surface area contributed by atoms with Crippen LogP contribution in [-0.2, 0) is 14.6 Å². The van der Waals surface area contributed by atoms with Crippen molar-refractivity contribution in [3.63, 3.8) is 0 Å². The Morgan fingerprint density at radius 1 is 1.44 bits per heavy atom. The Morgan fingerprint density at radius 2 is 2.00 bits per heavy atom. The van der Waals surface area contributed by atoms with Gasteiger partial charge in [0.2, 0.25) is 5.91 Å². The molecule has 1 fully saturated rings. The van der Waals surface area contributed by atoms with Gasteiger partial charge >= 0.3 is 0 Å². The van der Waals surface area contributed by atoms with Gasteiger partial charge in [-0.2, -0.15) is 0 Å². The van der Waals surface area contributed by atoms with E-state index in [4.69, 9.17) is 0 Å². The number of nitrogens with zero attached hydrogens (tertiary/aromatic N) is 1. The average Bonchev–Trinajstić information content (AvgIpc) is 2.14. The summed E-state index contributed by atoms with van der Waals surface area (Å²) in [6, 6.07) is 0.216. The van der Waals surface area contributed by atoms with E-state index < -0.39 is 14.6 Å². The van der Waals surface area contributed by atoms with Crippen LogP contribution in [0, 0.1) is 0 Å². The van der Waals surface area contributed by atoms with E-state index >= 15 is 0 Å². The monoisotopic (exact) mass is 248 g/mol. The molecule has 1 aliphatic rings. The summed E-state index contributed by atoms with van der Waals surface area (Å²) in [5.41, 5.74) is 0. The lowest BCUT2D eigenvalue weighted by Gasteiger charge is -2.36. The van der Waals surface area contributed by atoms with Crippen LogP contribution in [-0.4, -0.2) is 55.9 Å². The number of hydrogen-bond donors (Lipinski definition) is 1. The number of hydrogen-bond acceptors (Lipinski definition) is 4. The second-order valence-corrected chi connectivity index (χ2v) is 7.45. The molecule has 0 unspecified atom stereocenters. The quantitative estimate of drug-likeness (QED) is 0.724. The zero-order valence-corrected chi connectivity index (χ0v) is 11.1. The molecule has 6 heteroatoms. The Bertz CT molecular complexity index is 376. The number of carbonyl (C=O) groups excluding carboxylic acids is 1. The van der Waals surface area contributed by atoms with Gasteiger partial charge in [0, 0.05) is 31.9 Å². The highest BCUT2D eigenvalue weighted by Crippen LogP contribution is 2.19. The third-order valence-corrected chi connectivity index (χ3v) is 5.13. The molecule has 0 aromatic carbocycles. The summed E-state index contributed by atoms with van der Waals surface area (Å²) >= 11 is 0. The van der Waals surface area contributed by atoms with Crippen LogP contribution < -0.4 is 5.32 Å². The number of sulfone groups is 1. The van der Waals surface area contributed by atoms with Crippen LogP contribution >= 0.6 is 0 Å². The standard InChI is InChI=1S/C10H20N2O3S/c1-8-7-12(6-5-11-8)9(13)10(2,3)16(4,14)15/h8,11H,5-7H2,1-4H3/t8-/m1/s1. The van der Waals surface area contributed by atoms with Crippen molar-refractivity contribution in [2.75, 3.05) is 25.9 Å². The van der Waals surface area contributed by atoms with Crippen LogP contribution in [0.25, 0.3) is 0 Å². The van der Waals surface area contributed by atoms with Crippen molar-refractivity contribution in [2.45, 2.75) is 31.6 Å². The SMILES string of the molecule is C[C@@H]1CN(C(=O)C(C)(C)S(C)(=O)=O)CCN1. The molecule has 0 spiro atoms. The molecule has 1 aliphatic heterocycles. The first-order chi connectivity index (χ1) is 7.16. The predicted molar refractivity (Wildman–Crippen MR) is 63.0 cm³/mol. The zero-order valence-electron chi connectivity index (χ0n) is 10.3. The Morgan fingerprint density at radius 3 is 2.44 bits per heavy atom. The molecule has 16 heavy (non-hydrogen) atoms. The number of carbonyl (C=O) groups is 1. The summed E-state index contributed by atoms with van der Waals surface area (Å²) < 4.78 is 21.8. The first-order valence-electron chi connectivity index (χ1n) is 5.38. The molecule has 94 valence electrons. The van der Waals surface area contributed by atoms with Gasteiger partial charge in [-0.15, -0.1) is 0 Å². The molecular weight excluding hydrogens is 228 g/mol. The molecule has 0 aromatic rings. The van der Waals surface area contributed by atoms with Crippen LogP contribution in [0.4, 0.5) is 0 Å². The molecule has 0 radical (unpaired) electrons. The molecule has 0 aromatic heterocycles. The van der Waals surface area contributed by atoms with Crippen molar-refractivity contribution in [3.8, 4) is 0 Å². The van der Waals surface area contributed by atoms with Crippen molar-refractivity contribution in [1.29, 1.82) is 0 Å². The molecule has 0 aliphatic carbocycles. The molecule has 1 amide bonds.